The van der Waals surface area contributed by atoms with E-state index in [0.29, 0.717) is 19.1 Å². The van der Waals surface area contributed by atoms with Crippen LogP contribution in [-0.4, -0.2) is 47.4 Å². The lowest BCUT2D eigenvalue weighted by atomic mass is 9.80. The Bertz CT molecular complexity index is 631. The van der Waals surface area contributed by atoms with Crippen LogP contribution in [0.25, 0.3) is 0 Å². The quantitative estimate of drug-likeness (QED) is 0.797. The summed E-state index contributed by atoms with van der Waals surface area (Å²) in [6.45, 7) is 7.13. The number of nitrogens with zero attached hydrogens (tertiary/aromatic N) is 2. The van der Waals surface area contributed by atoms with Gasteiger partial charge in [0.15, 0.2) is 0 Å². The smallest absolute Gasteiger partial charge is 0.237 e. The average Bonchev–Trinajstić information content (AvgIpc) is 2.64. The number of likely N-dealkylation sites (tertiary alicyclic amines) is 1. The van der Waals surface area contributed by atoms with Crippen LogP contribution in [0.5, 0.6) is 0 Å². The summed E-state index contributed by atoms with van der Waals surface area (Å²) in [5.74, 6) is -0.0429. The van der Waals surface area contributed by atoms with E-state index in [4.69, 9.17) is 5.73 Å². The normalized spacial score (nSPS) is 23.1. The zero-order chi connectivity index (χ0) is 19.4. The maximum Gasteiger partial charge on any atom is 0.237 e. The van der Waals surface area contributed by atoms with E-state index in [2.05, 4.69) is 18.7 Å². The molecule has 1 unspecified atom stereocenters. The van der Waals surface area contributed by atoms with Gasteiger partial charge >= 0.3 is 0 Å². The number of halogens is 2. The maximum atomic E-state index is 13.3. The summed E-state index contributed by atoms with van der Waals surface area (Å²) in [6, 6.07) is 7.04. The Morgan fingerprint density at radius 3 is 2.43 bits per heavy atom. The molecule has 0 bridgehead atoms. The lowest BCUT2D eigenvalue weighted by molar-refractivity contribution is -0.137. The molecular formula is C22H35ClFN3O. The van der Waals surface area contributed by atoms with Gasteiger partial charge in [0, 0.05) is 31.7 Å². The molecule has 28 heavy (non-hydrogen) atoms. The Morgan fingerprint density at radius 1 is 1.18 bits per heavy atom. The van der Waals surface area contributed by atoms with Gasteiger partial charge in [-0.2, -0.15) is 0 Å². The molecule has 1 aliphatic carbocycles. The number of carbonyl (C=O) groups excluding carboxylic acids is 1. The number of piperidine rings is 1. The van der Waals surface area contributed by atoms with Gasteiger partial charge in [0.2, 0.25) is 5.91 Å². The second-order valence-electron chi connectivity index (χ2n) is 9.03. The fourth-order valence-corrected chi connectivity index (χ4v) is 4.50. The van der Waals surface area contributed by atoms with Crippen molar-refractivity contribution in [3.63, 3.8) is 0 Å². The highest BCUT2D eigenvalue weighted by molar-refractivity contribution is 5.85. The molecule has 1 atom stereocenters. The second-order valence-corrected chi connectivity index (χ2v) is 9.03. The first kappa shape index (κ1) is 23.1. The molecule has 0 spiro atoms. The first-order valence-corrected chi connectivity index (χ1v) is 10.4. The first-order chi connectivity index (χ1) is 12.8. The molecule has 1 amide bonds. The minimum absolute atomic E-state index is 0. The highest BCUT2D eigenvalue weighted by Gasteiger charge is 2.35. The molecule has 1 aliphatic heterocycles. The first-order valence-electron chi connectivity index (χ1n) is 10.4. The summed E-state index contributed by atoms with van der Waals surface area (Å²) in [5, 5.41) is 0. The van der Waals surface area contributed by atoms with Gasteiger partial charge in [-0.05, 0) is 42.4 Å². The Morgan fingerprint density at radius 2 is 1.82 bits per heavy atom. The second kappa shape index (κ2) is 10.0. The molecule has 158 valence electrons. The van der Waals surface area contributed by atoms with Gasteiger partial charge in [-0.1, -0.05) is 45.2 Å². The summed E-state index contributed by atoms with van der Waals surface area (Å²) in [7, 11) is 0. The van der Waals surface area contributed by atoms with Crippen molar-refractivity contribution in [2.24, 2.45) is 11.1 Å². The molecule has 1 saturated heterocycles. The molecule has 1 heterocycles. The van der Waals surface area contributed by atoms with Crippen LogP contribution in [0.1, 0.15) is 57.9 Å². The summed E-state index contributed by atoms with van der Waals surface area (Å²) in [6.07, 6.45) is 6.70. The number of carbonyl (C=O) groups is 1. The fraction of sp³-hybridized carbons (Fsp3) is 0.682. The molecule has 1 saturated carbocycles. The van der Waals surface area contributed by atoms with E-state index in [1.165, 1.54) is 31.4 Å². The topological polar surface area (TPSA) is 49.6 Å². The van der Waals surface area contributed by atoms with Crippen LogP contribution in [0.3, 0.4) is 0 Å². The Kier molecular flexibility index (Phi) is 8.29. The highest BCUT2D eigenvalue weighted by Crippen LogP contribution is 2.29. The number of amides is 1. The Balaban J connectivity index is 0.00000280. The largest absolute Gasteiger partial charge is 0.334 e. The van der Waals surface area contributed by atoms with Crippen LogP contribution < -0.4 is 5.73 Å². The van der Waals surface area contributed by atoms with Gasteiger partial charge in [-0.15, -0.1) is 12.4 Å². The number of rotatable bonds is 5. The van der Waals surface area contributed by atoms with Crippen LogP contribution in [0.4, 0.5) is 4.39 Å². The van der Waals surface area contributed by atoms with Crippen LogP contribution in [0.2, 0.25) is 0 Å². The van der Waals surface area contributed by atoms with Crippen molar-refractivity contribution >= 4 is 18.3 Å². The van der Waals surface area contributed by atoms with Crippen LogP contribution >= 0.6 is 12.4 Å². The van der Waals surface area contributed by atoms with Gasteiger partial charge in [0.25, 0.3) is 0 Å². The van der Waals surface area contributed by atoms with E-state index < -0.39 is 0 Å². The van der Waals surface area contributed by atoms with Crippen LogP contribution in [-0.2, 0) is 11.3 Å². The fourth-order valence-electron chi connectivity index (χ4n) is 4.50. The predicted octanol–water partition coefficient (Wildman–Crippen LogP) is 3.97. The molecule has 0 aromatic heterocycles. The molecule has 3 rings (SSSR count). The van der Waals surface area contributed by atoms with Gasteiger partial charge < -0.3 is 10.6 Å². The zero-order valence-electron chi connectivity index (χ0n) is 17.2. The third-order valence-electron chi connectivity index (χ3n) is 6.35. The van der Waals surface area contributed by atoms with Crippen molar-refractivity contribution in [1.29, 1.82) is 0 Å². The number of nitrogens with two attached hydrogens (primary N) is 1. The molecule has 1 aromatic rings. The van der Waals surface area contributed by atoms with Crippen LogP contribution in [0, 0.1) is 11.2 Å². The molecular weight excluding hydrogens is 377 g/mol. The van der Waals surface area contributed by atoms with Crippen molar-refractivity contribution in [1.82, 2.24) is 9.80 Å². The lowest BCUT2D eigenvalue weighted by Crippen LogP contribution is -2.55. The van der Waals surface area contributed by atoms with E-state index >= 15 is 0 Å². The molecule has 4 nitrogen and oxygen atoms in total. The standard InChI is InChI=1S/C22H34FN3O.ClH/c1-22(2)16-25(13-12-20(22)24)15-21(27)26(19-6-4-3-5-7-19)14-17-8-10-18(23)11-9-17;/h8-11,19-20H,3-7,12-16,24H2,1-2H3;1H. The highest BCUT2D eigenvalue weighted by atomic mass is 35.5. The van der Waals surface area contributed by atoms with Gasteiger partial charge in [0.1, 0.15) is 5.82 Å². The predicted molar refractivity (Wildman–Crippen MR) is 114 cm³/mol. The third-order valence-corrected chi connectivity index (χ3v) is 6.35. The van der Waals surface area contributed by atoms with E-state index in [9.17, 15) is 9.18 Å². The summed E-state index contributed by atoms with van der Waals surface area (Å²) >= 11 is 0. The summed E-state index contributed by atoms with van der Waals surface area (Å²) in [4.78, 5) is 17.6. The molecule has 2 aliphatic rings. The SMILES string of the molecule is CC1(C)CN(CC(=O)N(Cc2ccc(F)cc2)C2CCCCC2)CCC1N.Cl. The van der Waals surface area contributed by atoms with Crippen molar-refractivity contribution in [3.05, 3.63) is 35.6 Å². The van der Waals surface area contributed by atoms with Gasteiger partial charge in [-0.25, -0.2) is 4.39 Å². The monoisotopic (exact) mass is 411 g/mol. The average molecular weight is 412 g/mol. The van der Waals surface area contributed by atoms with Crippen molar-refractivity contribution in [2.45, 2.75) is 71.0 Å². The zero-order valence-corrected chi connectivity index (χ0v) is 18.0. The number of hydrogen-bond acceptors (Lipinski definition) is 3. The van der Waals surface area contributed by atoms with E-state index in [1.54, 1.807) is 12.1 Å². The van der Waals surface area contributed by atoms with Crippen molar-refractivity contribution in [2.75, 3.05) is 19.6 Å². The molecule has 1 aromatic carbocycles. The summed E-state index contributed by atoms with van der Waals surface area (Å²) in [5.41, 5.74) is 7.27. The molecule has 2 N–H and O–H groups in total. The van der Waals surface area contributed by atoms with E-state index in [-0.39, 0.29) is 35.6 Å². The number of hydrogen-bond donors (Lipinski definition) is 1. The minimum Gasteiger partial charge on any atom is -0.334 e. The lowest BCUT2D eigenvalue weighted by Gasteiger charge is -2.43. The Labute approximate surface area is 175 Å². The third kappa shape index (κ3) is 5.91. The van der Waals surface area contributed by atoms with Gasteiger partial charge in [-0.3, -0.25) is 9.69 Å². The Hall–Kier alpha value is -1.17. The molecule has 6 heteroatoms. The van der Waals surface area contributed by atoms with E-state index in [1.807, 2.05) is 4.90 Å². The van der Waals surface area contributed by atoms with Crippen molar-refractivity contribution < 1.29 is 9.18 Å². The van der Waals surface area contributed by atoms with Crippen LogP contribution in [0.15, 0.2) is 24.3 Å². The maximum absolute atomic E-state index is 13.3. The van der Waals surface area contributed by atoms with Crippen molar-refractivity contribution in [3.8, 4) is 0 Å². The molecule has 2 fully saturated rings. The number of benzene rings is 1. The van der Waals surface area contributed by atoms with E-state index in [0.717, 1.165) is 37.9 Å². The minimum atomic E-state index is -0.235. The summed E-state index contributed by atoms with van der Waals surface area (Å²) < 4.78 is 13.3. The van der Waals surface area contributed by atoms with Gasteiger partial charge in [0.05, 0.1) is 6.54 Å². The molecule has 0 radical (unpaired) electrons.